The van der Waals surface area contributed by atoms with E-state index in [0.717, 1.165) is 5.56 Å². The lowest BCUT2D eigenvalue weighted by Gasteiger charge is -2.17. The van der Waals surface area contributed by atoms with Crippen molar-refractivity contribution in [3.8, 4) is 6.07 Å². The molecule has 0 bridgehead atoms. The molecule has 2 rings (SSSR count). The van der Waals surface area contributed by atoms with Gasteiger partial charge in [-0.1, -0.05) is 12.1 Å². The molecule has 1 aromatic carbocycles. The van der Waals surface area contributed by atoms with Gasteiger partial charge >= 0.3 is 0 Å². The van der Waals surface area contributed by atoms with Crippen molar-refractivity contribution in [3.05, 3.63) is 53.7 Å². The van der Waals surface area contributed by atoms with Gasteiger partial charge in [0.15, 0.2) is 5.69 Å². The first-order valence-electron chi connectivity index (χ1n) is 5.37. The molecule has 0 aliphatic rings. The zero-order valence-electron chi connectivity index (χ0n) is 9.84. The van der Waals surface area contributed by atoms with Crippen LogP contribution in [-0.2, 0) is 6.54 Å². The third-order valence-electron chi connectivity index (χ3n) is 2.48. The zero-order valence-corrected chi connectivity index (χ0v) is 9.84. The Hall–Kier alpha value is -2.48. The third kappa shape index (κ3) is 2.80. The second-order valence-electron chi connectivity index (χ2n) is 3.85. The molecule has 4 nitrogen and oxygen atoms in total. The molecule has 0 saturated carbocycles. The van der Waals surface area contributed by atoms with Gasteiger partial charge in [-0.15, -0.1) is 0 Å². The molecule has 18 heavy (non-hydrogen) atoms. The van der Waals surface area contributed by atoms with Gasteiger partial charge in [0.1, 0.15) is 17.7 Å². The minimum atomic E-state index is -0.250. The largest absolute Gasteiger partial charge is 0.354 e. The number of hydrogen-bond acceptors (Lipinski definition) is 4. The molecule has 5 heteroatoms. The molecule has 0 spiro atoms. The number of nitrogens with zero attached hydrogens (tertiary/aromatic N) is 4. The van der Waals surface area contributed by atoms with E-state index in [1.165, 1.54) is 18.3 Å². The lowest BCUT2D eigenvalue weighted by Crippen LogP contribution is -2.17. The van der Waals surface area contributed by atoms with Gasteiger partial charge in [0.05, 0.1) is 12.4 Å². The van der Waals surface area contributed by atoms with Gasteiger partial charge in [-0.05, 0) is 17.7 Å². The standard InChI is InChI=1S/C13H11FN4/c1-18(9-10-2-4-11(14)5-3-10)13-8-16-12(6-15)7-17-13/h2-5,7-8H,9H2,1H3. The van der Waals surface area contributed by atoms with Crippen LogP contribution >= 0.6 is 0 Å². The number of hydrogen-bond donors (Lipinski definition) is 0. The van der Waals surface area contributed by atoms with Crippen molar-refractivity contribution in [1.29, 1.82) is 5.26 Å². The molecule has 0 fully saturated rings. The van der Waals surface area contributed by atoms with E-state index in [9.17, 15) is 4.39 Å². The van der Waals surface area contributed by atoms with Crippen LogP contribution in [0.1, 0.15) is 11.3 Å². The van der Waals surface area contributed by atoms with Gasteiger partial charge < -0.3 is 4.90 Å². The average molecular weight is 242 g/mol. The molecule has 0 atom stereocenters. The molecule has 0 N–H and O–H groups in total. The number of nitriles is 1. The maximum absolute atomic E-state index is 12.8. The molecule has 0 radical (unpaired) electrons. The van der Waals surface area contributed by atoms with Crippen molar-refractivity contribution in [2.24, 2.45) is 0 Å². The maximum Gasteiger partial charge on any atom is 0.158 e. The van der Waals surface area contributed by atoms with E-state index in [4.69, 9.17) is 5.26 Å². The SMILES string of the molecule is CN(Cc1ccc(F)cc1)c1cnc(C#N)cn1. The van der Waals surface area contributed by atoms with Crippen molar-refractivity contribution >= 4 is 5.82 Å². The highest BCUT2D eigenvalue weighted by Crippen LogP contribution is 2.11. The van der Waals surface area contributed by atoms with E-state index >= 15 is 0 Å². The van der Waals surface area contributed by atoms with Crippen molar-refractivity contribution in [2.45, 2.75) is 6.54 Å². The topological polar surface area (TPSA) is 52.8 Å². The van der Waals surface area contributed by atoms with Gasteiger partial charge in [-0.3, -0.25) is 0 Å². The highest BCUT2D eigenvalue weighted by atomic mass is 19.1. The second kappa shape index (κ2) is 5.23. The monoisotopic (exact) mass is 242 g/mol. The number of benzene rings is 1. The summed E-state index contributed by atoms with van der Waals surface area (Å²) >= 11 is 0. The molecule has 0 aliphatic heterocycles. The molecule has 1 heterocycles. The van der Waals surface area contributed by atoms with Crippen molar-refractivity contribution in [3.63, 3.8) is 0 Å². The Morgan fingerprint density at radius 2 is 1.94 bits per heavy atom. The van der Waals surface area contributed by atoms with E-state index in [0.29, 0.717) is 12.4 Å². The van der Waals surface area contributed by atoms with Crippen LogP contribution in [0.15, 0.2) is 36.7 Å². The van der Waals surface area contributed by atoms with E-state index in [1.807, 2.05) is 18.0 Å². The predicted molar refractivity (Wildman–Crippen MR) is 65.3 cm³/mol. The van der Waals surface area contributed by atoms with E-state index in [2.05, 4.69) is 9.97 Å². The lowest BCUT2D eigenvalue weighted by atomic mass is 10.2. The molecule has 0 saturated heterocycles. The molecular formula is C13H11FN4. The summed E-state index contributed by atoms with van der Waals surface area (Å²) in [5, 5.41) is 8.63. The Bertz CT molecular complexity index is 557. The number of halogens is 1. The summed E-state index contributed by atoms with van der Waals surface area (Å²) < 4.78 is 12.8. The predicted octanol–water partition coefficient (Wildman–Crippen LogP) is 2.12. The molecule has 1 aromatic heterocycles. The summed E-state index contributed by atoms with van der Waals surface area (Å²) in [6.07, 6.45) is 2.97. The first kappa shape index (κ1) is 12.0. The zero-order chi connectivity index (χ0) is 13.0. The highest BCUT2D eigenvalue weighted by Gasteiger charge is 2.04. The summed E-state index contributed by atoms with van der Waals surface area (Å²) in [4.78, 5) is 9.96. The maximum atomic E-state index is 12.8. The fraction of sp³-hybridized carbons (Fsp3) is 0.154. The number of aromatic nitrogens is 2. The molecule has 2 aromatic rings. The van der Waals surface area contributed by atoms with Crippen LogP contribution in [0.2, 0.25) is 0 Å². The summed E-state index contributed by atoms with van der Waals surface area (Å²) in [5.41, 5.74) is 1.26. The van der Waals surface area contributed by atoms with Crippen LogP contribution in [0.25, 0.3) is 0 Å². The summed E-state index contributed by atoms with van der Waals surface area (Å²) in [6, 6.07) is 8.21. The Morgan fingerprint density at radius 3 is 2.50 bits per heavy atom. The molecule has 0 amide bonds. The van der Waals surface area contributed by atoms with Gasteiger partial charge in [-0.2, -0.15) is 5.26 Å². The fourth-order valence-electron chi connectivity index (χ4n) is 1.52. The van der Waals surface area contributed by atoms with Crippen molar-refractivity contribution < 1.29 is 4.39 Å². The normalized spacial score (nSPS) is 9.83. The Balaban J connectivity index is 2.09. The summed E-state index contributed by atoms with van der Waals surface area (Å²) in [5.74, 6) is 0.415. The molecule has 0 unspecified atom stereocenters. The van der Waals surface area contributed by atoms with E-state index in [-0.39, 0.29) is 11.5 Å². The average Bonchev–Trinajstić information content (AvgIpc) is 2.41. The van der Waals surface area contributed by atoms with Gasteiger partial charge in [0, 0.05) is 13.6 Å². The molecular weight excluding hydrogens is 231 g/mol. The minimum Gasteiger partial charge on any atom is -0.354 e. The van der Waals surface area contributed by atoms with Crippen molar-refractivity contribution in [2.75, 3.05) is 11.9 Å². The second-order valence-corrected chi connectivity index (χ2v) is 3.85. The third-order valence-corrected chi connectivity index (χ3v) is 2.48. The first-order chi connectivity index (χ1) is 8.69. The molecule has 90 valence electrons. The van der Waals surface area contributed by atoms with E-state index in [1.54, 1.807) is 18.3 Å². The van der Waals surface area contributed by atoms with Crippen LogP contribution in [0.5, 0.6) is 0 Å². The minimum absolute atomic E-state index is 0.250. The summed E-state index contributed by atoms with van der Waals surface area (Å²) in [6.45, 7) is 0.598. The van der Waals surface area contributed by atoms with E-state index < -0.39 is 0 Å². The van der Waals surface area contributed by atoms with Crippen LogP contribution < -0.4 is 4.90 Å². The van der Waals surface area contributed by atoms with Crippen LogP contribution in [0, 0.1) is 17.1 Å². The van der Waals surface area contributed by atoms with Crippen LogP contribution in [0.3, 0.4) is 0 Å². The molecule has 0 aliphatic carbocycles. The Labute approximate surface area is 104 Å². The van der Waals surface area contributed by atoms with Crippen molar-refractivity contribution in [1.82, 2.24) is 9.97 Å². The lowest BCUT2D eigenvalue weighted by molar-refractivity contribution is 0.627. The Kier molecular flexibility index (Phi) is 3.49. The smallest absolute Gasteiger partial charge is 0.158 e. The Morgan fingerprint density at radius 1 is 1.22 bits per heavy atom. The highest BCUT2D eigenvalue weighted by molar-refractivity contribution is 5.37. The summed E-state index contributed by atoms with van der Waals surface area (Å²) in [7, 11) is 1.86. The first-order valence-corrected chi connectivity index (χ1v) is 5.37. The van der Waals surface area contributed by atoms with Gasteiger partial charge in [0.2, 0.25) is 0 Å². The van der Waals surface area contributed by atoms with Crippen LogP contribution in [0.4, 0.5) is 10.2 Å². The fourth-order valence-corrected chi connectivity index (χ4v) is 1.52. The van der Waals surface area contributed by atoms with Crippen LogP contribution in [-0.4, -0.2) is 17.0 Å². The number of anilines is 1. The quantitative estimate of drug-likeness (QED) is 0.827. The van der Waals surface area contributed by atoms with Gasteiger partial charge in [-0.25, -0.2) is 14.4 Å². The number of rotatable bonds is 3. The van der Waals surface area contributed by atoms with Gasteiger partial charge in [0.25, 0.3) is 0 Å².